The minimum atomic E-state index is -0.560. The van der Waals surface area contributed by atoms with Crippen LogP contribution < -0.4 is 0 Å². The van der Waals surface area contributed by atoms with Gasteiger partial charge in [-0.15, -0.1) is 0 Å². The van der Waals surface area contributed by atoms with E-state index in [0.29, 0.717) is 69.7 Å². The molecule has 50 heavy (non-hydrogen) atoms. The number of hydrogen-bond acceptors (Lipinski definition) is 10. The molecule has 1 amide bonds. The molecule has 288 valence electrons. The van der Waals surface area contributed by atoms with Crippen molar-refractivity contribution in [2.24, 2.45) is 31.8 Å². The Hall–Kier alpha value is -2.85. The second-order valence-corrected chi connectivity index (χ2v) is 14.5. The van der Waals surface area contributed by atoms with Crippen molar-refractivity contribution in [3.8, 4) is 0 Å². The molecule has 0 fully saturated rings. The summed E-state index contributed by atoms with van der Waals surface area (Å²) < 4.78 is 29.6. The Morgan fingerprint density at radius 1 is 0.640 bits per heavy atom. The number of aliphatic imine (C=N–C) groups is 4. The van der Waals surface area contributed by atoms with Gasteiger partial charge in [-0.1, -0.05) is 66.7 Å². The zero-order valence-electron chi connectivity index (χ0n) is 33.5. The number of rotatable bonds is 21. The maximum absolute atomic E-state index is 13.1. The highest BCUT2D eigenvalue weighted by atomic mass is 16.6. The van der Waals surface area contributed by atoms with Gasteiger partial charge in [0.1, 0.15) is 23.2 Å². The summed E-state index contributed by atoms with van der Waals surface area (Å²) in [5.74, 6) is 3.33. The highest BCUT2D eigenvalue weighted by Crippen LogP contribution is 2.31. The van der Waals surface area contributed by atoms with Crippen LogP contribution in [0.2, 0.25) is 0 Å². The summed E-state index contributed by atoms with van der Waals surface area (Å²) in [6.07, 6.45) is 8.77. The van der Waals surface area contributed by atoms with Gasteiger partial charge in [0, 0.05) is 13.1 Å². The predicted octanol–water partition coefficient (Wildman–Crippen LogP) is 8.68. The van der Waals surface area contributed by atoms with Gasteiger partial charge in [0.25, 0.3) is 0 Å². The molecule has 0 N–H and O–H groups in total. The average Bonchev–Trinajstić information content (AvgIpc) is 3.06. The van der Waals surface area contributed by atoms with E-state index in [4.69, 9.17) is 43.7 Å². The van der Waals surface area contributed by atoms with Gasteiger partial charge in [0.2, 0.25) is 23.6 Å². The SMILES string of the molecule is CCCCOC(=O)N(CCCCC[C@]1(C)N=C(OCC)[C@@H](C(C)C)N=C1OCC)CCCCC[C@]1(C)N=C(OCC)[C@@H](C(C)C)N=C1OCC. The van der Waals surface area contributed by atoms with Crippen LogP contribution in [0.25, 0.3) is 0 Å². The maximum Gasteiger partial charge on any atom is 0.409 e. The van der Waals surface area contributed by atoms with Crippen molar-refractivity contribution in [2.45, 2.75) is 164 Å². The fraction of sp³-hybridized carbons (Fsp3) is 0.872. The molecule has 2 aliphatic rings. The Labute approximate surface area is 304 Å². The molecule has 11 nitrogen and oxygen atoms in total. The molecule has 4 atom stereocenters. The van der Waals surface area contributed by atoms with Gasteiger partial charge < -0.3 is 28.6 Å². The van der Waals surface area contributed by atoms with Crippen molar-refractivity contribution in [1.29, 1.82) is 0 Å². The van der Waals surface area contributed by atoms with E-state index >= 15 is 0 Å². The van der Waals surface area contributed by atoms with E-state index < -0.39 is 11.1 Å². The van der Waals surface area contributed by atoms with E-state index in [0.717, 1.165) is 64.2 Å². The van der Waals surface area contributed by atoms with E-state index in [9.17, 15) is 4.79 Å². The van der Waals surface area contributed by atoms with Crippen LogP contribution in [0.15, 0.2) is 20.0 Å². The predicted molar refractivity (Wildman–Crippen MR) is 205 cm³/mol. The third-order valence-corrected chi connectivity index (χ3v) is 9.23. The van der Waals surface area contributed by atoms with Gasteiger partial charge in [-0.25, -0.2) is 24.8 Å². The number of carbonyl (C=O) groups excluding carboxylic acids is 1. The van der Waals surface area contributed by atoms with Gasteiger partial charge in [-0.3, -0.25) is 0 Å². The number of ether oxygens (including phenoxy) is 5. The topological polar surface area (TPSA) is 116 Å². The van der Waals surface area contributed by atoms with Gasteiger partial charge in [0.05, 0.1) is 33.0 Å². The molecule has 0 saturated heterocycles. The Kier molecular flexibility index (Phi) is 19.2. The van der Waals surface area contributed by atoms with Crippen LogP contribution in [0, 0.1) is 11.8 Å². The summed E-state index contributed by atoms with van der Waals surface area (Å²) in [4.78, 5) is 35.1. The zero-order valence-corrected chi connectivity index (χ0v) is 33.5. The summed E-state index contributed by atoms with van der Waals surface area (Å²) >= 11 is 0. The molecule has 0 aliphatic carbocycles. The summed E-state index contributed by atoms with van der Waals surface area (Å²) in [7, 11) is 0. The molecule has 2 aliphatic heterocycles. The van der Waals surface area contributed by atoms with E-state index in [-0.39, 0.29) is 30.0 Å². The highest BCUT2D eigenvalue weighted by molar-refractivity contribution is 5.97. The van der Waals surface area contributed by atoms with Crippen molar-refractivity contribution < 1.29 is 28.5 Å². The first-order chi connectivity index (χ1) is 23.9. The monoisotopic (exact) mass is 706 g/mol. The first-order valence-electron chi connectivity index (χ1n) is 19.7. The Morgan fingerprint density at radius 3 is 1.42 bits per heavy atom. The Morgan fingerprint density at radius 2 is 1.06 bits per heavy atom. The second kappa shape index (κ2) is 22.2. The zero-order chi connectivity index (χ0) is 37.2. The first-order valence-corrected chi connectivity index (χ1v) is 19.7. The van der Waals surface area contributed by atoms with Crippen LogP contribution in [0.3, 0.4) is 0 Å². The quantitative estimate of drug-likeness (QED) is 0.110. The fourth-order valence-corrected chi connectivity index (χ4v) is 6.33. The van der Waals surface area contributed by atoms with E-state index in [2.05, 4.69) is 48.5 Å². The van der Waals surface area contributed by atoms with Crippen molar-refractivity contribution in [3.63, 3.8) is 0 Å². The molecule has 0 bridgehead atoms. The lowest BCUT2D eigenvalue weighted by Crippen LogP contribution is -2.45. The van der Waals surface area contributed by atoms with Crippen LogP contribution in [0.4, 0.5) is 4.79 Å². The number of nitrogens with zero attached hydrogens (tertiary/aromatic N) is 5. The van der Waals surface area contributed by atoms with E-state index in [1.165, 1.54) is 0 Å². The van der Waals surface area contributed by atoms with E-state index in [1.54, 1.807) is 0 Å². The molecule has 11 heteroatoms. The average molecular weight is 706 g/mol. The fourth-order valence-electron chi connectivity index (χ4n) is 6.33. The lowest BCUT2D eigenvalue weighted by atomic mass is 9.91. The van der Waals surface area contributed by atoms with Crippen molar-refractivity contribution in [3.05, 3.63) is 0 Å². The van der Waals surface area contributed by atoms with Crippen LogP contribution in [-0.4, -0.2) is 104 Å². The van der Waals surface area contributed by atoms with E-state index in [1.807, 2.05) is 32.6 Å². The van der Waals surface area contributed by atoms with Crippen molar-refractivity contribution in [2.75, 3.05) is 46.1 Å². The van der Waals surface area contributed by atoms with Gasteiger partial charge in [0.15, 0.2) is 0 Å². The second-order valence-electron chi connectivity index (χ2n) is 14.5. The third kappa shape index (κ3) is 13.0. The number of hydrogen-bond donors (Lipinski definition) is 0. The first kappa shape index (κ1) is 43.3. The smallest absolute Gasteiger partial charge is 0.409 e. The standard InChI is InChI=1S/C39H71N5O6/c1-12-17-28-50-37(45)44(26-22-18-20-24-38(10)35(48-15-4)40-31(29(6)7)33(42-38)46-13-2)27-23-19-21-25-39(11)36(49-16-5)41-32(30(8)9)34(43-39)47-14-3/h29-32H,12-28H2,1-11H3/t31-,32-,38+,39+/m1/s1. The van der Waals surface area contributed by atoms with Crippen molar-refractivity contribution in [1.82, 2.24) is 4.90 Å². The molecular weight excluding hydrogens is 634 g/mol. The molecule has 0 radical (unpaired) electrons. The van der Waals surface area contributed by atoms with Gasteiger partial charge in [-0.2, -0.15) is 0 Å². The molecular formula is C39H71N5O6. The summed E-state index contributed by atoms with van der Waals surface area (Å²) in [5, 5.41) is 0. The van der Waals surface area contributed by atoms with Crippen LogP contribution in [0.1, 0.15) is 140 Å². The van der Waals surface area contributed by atoms with Gasteiger partial charge >= 0.3 is 6.09 Å². The molecule has 0 saturated carbocycles. The molecule has 0 aromatic carbocycles. The minimum absolute atomic E-state index is 0.125. The lowest BCUT2D eigenvalue weighted by molar-refractivity contribution is 0.0993. The molecule has 2 heterocycles. The molecule has 0 spiro atoms. The highest BCUT2D eigenvalue weighted by Gasteiger charge is 2.41. The van der Waals surface area contributed by atoms with Crippen LogP contribution >= 0.6 is 0 Å². The Balaban J connectivity index is 1.98. The summed E-state index contributed by atoms with van der Waals surface area (Å²) in [6, 6.07) is -0.250. The molecule has 0 unspecified atom stereocenters. The molecule has 2 rings (SSSR count). The number of unbranched alkanes of at least 4 members (excludes halogenated alkanes) is 5. The molecule has 0 aromatic heterocycles. The number of amides is 1. The largest absolute Gasteiger partial charge is 0.480 e. The summed E-state index contributed by atoms with van der Waals surface area (Å²) in [6.45, 7) is 26.8. The normalized spacial score (nSPS) is 23.5. The molecule has 0 aromatic rings. The lowest BCUT2D eigenvalue weighted by Gasteiger charge is -2.34. The summed E-state index contributed by atoms with van der Waals surface area (Å²) in [5.41, 5.74) is -1.12. The van der Waals surface area contributed by atoms with Crippen molar-refractivity contribution >= 4 is 29.7 Å². The Bertz CT molecular complexity index is 1060. The minimum Gasteiger partial charge on any atom is -0.480 e. The maximum atomic E-state index is 13.1. The van der Waals surface area contributed by atoms with Crippen LogP contribution in [0.5, 0.6) is 0 Å². The third-order valence-electron chi connectivity index (χ3n) is 9.23. The van der Waals surface area contributed by atoms with Crippen LogP contribution in [-0.2, 0) is 23.7 Å². The number of carbonyl (C=O) groups is 1. The van der Waals surface area contributed by atoms with Gasteiger partial charge in [-0.05, 0) is 85.5 Å².